The number of nitrogens with one attached hydrogen (secondary N) is 1. The summed E-state index contributed by atoms with van der Waals surface area (Å²) >= 11 is 0. The second-order valence-electron chi connectivity index (χ2n) is 7.23. The fourth-order valence-corrected chi connectivity index (χ4v) is 3.21. The molecule has 7 nitrogen and oxygen atoms in total. The molecule has 1 aliphatic heterocycles. The van der Waals surface area contributed by atoms with Crippen LogP contribution in [-0.2, 0) is 22.6 Å². The lowest BCUT2D eigenvalue weighted by Gasteiger charge is -2.34. The number of carbonyl (C=O) groups is 2. The second-order valence-corrected chi connectivity index (χ2v) is 7.23. The quantitative estimate of drug-likeness (QED) is 0.816. The van der Waals surface area contributed by atoms with Gasteiger partial charge in [-0.1, -0.05) is 13.8 Å². The monoisotopic (exact) mass is 349 g/mol. The number of piperazine rings is 1. The van der Waals surface area contributed by atoms with E-state index in [1.165, 1.54) is 0 Å². The van der Waals surface area contributed by atoms with E-state index in [2.05, 4.69) is 29.2 Å². The number of nitrogens with zero attached hydrogens (tertiary/aromatic N) is 4. The van der Waals surface area contributed by atoms with Crippen molar-refractivity contribution >= 4 is 11.8 Å². The van der Waals surface area contributed by atoms with E-state index in [4.69, 9.17) is 0 Å². The van der Waals surface area contributed by atoms with Crippen LogP contribution < -0.4 is 5.32 Å². The van der Waals surface area contributed by atoms with Crippen molar-refractivity contribution in [2.45, 2.75) is 40.7 Å². The van der Waals surface area contributed by atoms with Crippen molar-refractivity contribution in [1.29, 1.82) is 0 Å². The van der Waals surface area contributed by atoms with Gasteiger partial charge in [0.2, 0.25) is 11.8 Å². The zero-order chi connectivity index (χ0) is 18.6. The van der Waals surface area contributed by atoms with E-state index in [1.807, 2.05) is 23.4 Å². The van der Waals surface area contributed by atoms with Gasteiger partial charge in [-0.25, -0.2) is 0 Å². The van der Waals surface area contributed by atoms with Crippen molar-refractivity contribution < 1.29 is 9.59 Å². The predicted molar refractivity (Wildman–Crippen MR) is 97.3 cm³/mol. The Hall–Kier alpha value is -1.89. The van der Waals surface area contributed by atoms with E-state index in [9.17, 15) is 9.59 Å². The van der Waals surface area contributed by atoms with Crippen LogP contribution in [0.4, 0.5) is 0 Å². The van der Waals surface area contributed by atoms with Crippen LogP contribution in [0.5, 0.6) is 0 Å². The van der Waals surface area contributed by atoms with E-state index >= 15 is 0 Å². The molecule has 2 amide bonds. The highest BCUT2D eigenvalue weighted by molar-refractivity contribution is 5.80. The first-order chi connectivity index (χ1) is 11.8. The number of hydrogen-bond donors (Lipinski definition) is 1. The molecule has 1 aliphatic rings. The largest absolute Gasteiger partial charge is 0.358 e. The maximum Gasteiger partial charge on any atom is 0.233 e. The number of aryl methyl sites for hydroxylation is 1. The van der Waals surface area contributed by atoms with Gasteiger partial charge in [0.1, 0.15) is 0 Å². The zero-order valence-corrected chi connectivity index (χ0v) is 16.1. The van der Waals surface area contributed by atoms with Crippen molar-refractivity contribution in [3.05, 3.63) is 17.0 Å². The fraction of sp³-hybridized carbons (Fsp3) is 0.722. The summed E-state index contributed by atoms with van der Waals surface area (Å²) in [6, 6.07) is 0. The number of hydrogen-bond acceptors (Lipinski definition) is 4. The molecule has 140 valence electrons. The Bertz CT molecular complexity index is 615. The highest BCUT2D eigenvalue weighted by Gasteiger charge is 2.24. The number of likely N-dealkylation sites (N-methyl/N-ethyl adjacent to an activating group) is 1. The molecule has 0 aromatic carbocycles. The summed E-state index contributed by atoms with van der Waals surface area (Å²) in [5, 5.41) is 7.23. The lowest BCUT2D eigenvalue weighted by molar-refractivity contribution is -0.132. The summed E-state index contributed by atoms with van der Waals surface area (Å²) < 4.78 is 2.02. The third-order valence-electron chi connectivity index (χ3n) is 4.77. The third kappa shape index (κ3) is 5.04. The molecule has 1 N–H and O–H groups in total. The molecule has 1 aromatic heterocycles. The highest BCUT2D eigenvalue weighted by Crippen LogP contribution is 2.17. The summed E-state index contributed by atoms with van der Waals surface area (Å²) in [5.41, 5.74) is 3.10. The molecule has 1 saturated heterocycles. The van der Waals surface area contributed by atoms with Crippen LogP contribution in [0, 0.1) is 19.8 Å². The van der Waals surface area contributed by atoms with Gasteiger partial charge >= 0.3 is 0 Å². The third-order valence-corrected chi connectivity index (χ3v) is 4.77. The summed E-state index contributed by atoms with van der Waals surface area (Å²) in [6.45, 7) is 12.5. The SMILES string of the molecule is CNC(=O)CN1CCN(C(=O)Cc2c(C)nn(CC(C)C)c2C)CC1. The molecule has 0 spiro atoms. The summed E-state index contributed by atoms with van der Waals surface area (Å²) in [6.07, 6.45) is 0.408. The first-order valence-corrected chi connectivity index (χ1v) is 9.05. The molecule has 1 fully saturated rings. The molecular formula is C18H31N5O2. The summed E-state index contributed by atoms with van der Waals surface area (Å²) in [4.78, 5) is 28.1. The van der Waals surface area contributed by atoms with Crippen LogP contribution in [0.1, 0.15) is 30.8 Å². The average Bonchev–Trinajstić information content (AvgIpc) is 2.82. The van der Waals surface area contributed by atoms with E-state index in [0.29, 0.717) is 32.0 Å². The summed E-state index contributed by atoms with van der Waals surface area (Å²) in [5.74, 6) is 0.688. The predicted octanol–water partition coefficient (Wildman–Crippen LogP) is 0.589. The Labute approximate surface area is 150 Å². The molecule has 0 radical (unpaired) electrons. The maximum atomic E-state index is 12.7. The molecule has 0 bridgehead atoms. The minimum Gasteiger partial charge on any atom is -0.358 e. The first kappa shape index (κ1) is 19.4. The van der Waals surface area contributed by atoms with Crippen LogP contribution in [-0.4, -0.2) is 71.2 Å². The minimum absolute atomic E-state index is 0.0172. The van der Waals surface area contributed by atoms with Gasteiger partial charge in [-0.3, -0.25) is 19.2 Å². The van der Waals surface area contributed by atoms with Crippen molar-refractivity contribution in [3.8, 4) is 0 Å². The molecule has 25 heavy (non-hydrogen) atoms. The van der Waals surface area contributed by atoms with Crippen molar-refractivity contribution in [1.82, 2.24) is 24.9 Å². The van der Waals surface area contributed by atoms with Crippen LogP contribution in [0.15, 0.2) is 0 Å². The van der Waals surface area contributed by atoms with Crippen molar-refractivity contribution in [2.24, 2.45) is 5.92 Å². The normalized spacial score (nSPS) is 15.7. The minimum atomic E-state index is 0.0172. The fourth-order valence-electron chi connectivity index (χ4n) is 3.21. The maximum absolute atomic E-state index is 12.7. The Morgan fingerprint density at radius 2 is 1.80 bits per heavy atom. The average molecular weight is 349 g/mol. The molecule has 7 heteroatoms. The smallest absolute Gasteiger partial charge is 0.233 e. The van der Waals surface area contributed by atoms with E-state index in [1.54, 1.807) is 7.05 Å². The molecule has 0 saturated carbocycles. The molecule has 0 unspecified atom stereocenters. The standard InChI is InChI=1S/C18H31N5O2/c1-13(2)11-23-15(4)16(14(3)20-23)10-18(25)22-8-6-21(7-9-22)12-17(24)19-5/h13H,6-12H2,1-5H3,(H,19,24). The topological polar surface area (TPSA) is 70.5 Å². The van der Waals surface area contributed by atoms with E-state index in [-0.39, 0.29) is 11.8 Å². The van der Waals surface area contributed by atoms with Gasteiger partial charge in [0.15, 0.2) is 0 Å². The van der Waals surface area contributed by atoms with Crippen LogP contribution in [0.25, 0.3) is 0 Å². The van der Waals surface area contributed by atoms with Crippen LogP contribution in [0.3, 0.4) is 0 Å². The molecule has 0 atom stereocenters. The number of carbonyl (C=O) groups excluding carboxylic acids is 2. The summed E-state index contributed by atoms with van der Waals surface area (Å²) in [7, 11) is 1.65. The van der Waals surface area contributed by atoms with Gasteiger partial charge in [-0.2, -0.15) is 5.10 Å². The Morgan fingerprint density at radius 3 is 2.36 bits per heavy atom. The highest BCUT2D eigenvalue weighted by atomic mass is 16.2. The molecule has 1 aromatic rings. The Morgan fingerprint density at radius 1 is 1.16 bits per heavy atom. The van der Waals surface area contributed by atoms with Gasteiger partial charge in [-0.15, -0.1) is 0 Å². The van der Waals surface area contributed by atoms with Gasteiger partial charge in [0, 0.05) is 51.0 Å². The van der Waals surface area contributed by atoms with E-state index < -0.39 is 0 Å². The molecular weight excluding hydrogens is 318 g/mol. The lowest BCUT2D eigenvalue weighted by atomic mass is 10.1. The Kier molecular flexibility index (Phi) is 6.58. The Balaban J connectivity index is 1.93. The van der Waals surface area contributed by atoms with Gasteiger partial charge in [-0.05, 0) is 19.8 Å². The van der Waals surface area contributed by atoms with E-state index in [0.717, 1.165) is 36.6 Å². The molecule has 2 rings (SSSR count). The second kappa shape index (κ2) is 8.47. The number of amides is 2. The van der Waals surface area contributed by atoms with Gasteiger partial charge in [0.05, 0.1) is 18.7 Å². The lowest BCUT2D eigenvalue weighted by Crippen LogP contribution is -2.51. The molecule has 0 aliphatic carbocycles. The van der Waals surface area contributed by atoms with Crippen LogP contribution >= 0.6 is 0 Å². The van der Waals surface area contributed by atoms with Crippen molar-refractivity contribution in [3.63, 3.8) is 0 Å². The van der Waals surface area contributed by atoms with Crippen molar-refractivity contribution in [2.75, 3.05) is 39.8 Å². The number of aromatic nitrogens is 2. The van der Waals surface area contributed by atoms with Crippen LogP contribution in [0.2, 0.25) is 0 Å². The number of rotatable bonds is 6. The zero-order valence-electron chi connectivity index (χ0n) is 16.1. The van der Waals surface area contributed by atoms with Gasteiger partial charge in [0.25, 0.3) is 0 Å². The molecule has 2 heterocycles. The first-order valence-electron chi connectivity index (χ1n) is 9.05. The van der Waals surface area contributed by atoms with Gasteiger partial charge < -0.3 is 10.2 Å².